The third-order valence-electron chi connectivity index (χ3n) is 9.62. The standard InChI is InChI=1S/C13H23N.C13H22.C12H20O.C12H20S/c1-12(2,3)10-8-9-11(14(10)7)13(4,5)6;1-12(2,3)10-7-8-11(9-10)13(4,5)6;2*1-11(2,3)9-7-8-10(13-9)12(4,5)6/h8-9H,1-7H3;7-8H,9H2,1-6H3;2*7-8H,1-6H3. The van der Waals surface area contributed by atoms with E-state index in [1.54, 1.807) is 11.1 Å². The molecule has 0 N–H and O–H groups in total. The molecule has 0 radical (unpaired) electrons. The third-order valence-corrected chi connectivity index (χ3v) is 11.6. The van der Waals surface area contributed by atoms with Gasteiger partial charge in [-0.2, -0.15) is 0 Å². The summed E-state index contributed by atoms with van der Waals surface area (Å²) in [5.41, 5.74) is 7.92. The predicted octanol–water partition coefficient (Wildman–Crippen LogP) is 16.2. The quantitative estimate of drug-likeness (QED) is 0.224. The zero-order valence-electron chi connectivity index (χ0n) is 39.6. The van der Waals surface area contributed by atoms with E-state index in [1.165, 1.54) is 27.6 Å². The lowest BCUT2D eigenvalue weighted by Gasteiger charge is -2.25. The van der Waals surface area contributed by atoms with Crippen LogP contribution in [0.4, 0.5) is 0 Å². The Morgan fingerprint density at radius 2 is 0.698 bits per heavy atom. The summed E-state index contributed by atoms with van der Waals surface area (Å²) < 4.78 is 8.15. The Morgan fingerprint density at radius 3 is 0.849 bits per heavy atom. The van der Waals surface area contributed by atoms with Gasteiger partial charge >= 0.3 is 0 Å². The predicted molar refractivity (Wildman–Crippen MR) is 240 cm³/mol. The van der Waals surface area contributed by atoms with E-state index in [2.05, 4.69) is 226 Å². The molecule has 3 aromatic rings. The van der Waals surface area contributed by atoms with Crippen LogP contribution in [0, 0.1) is 10.8 Å². The van der Waals surface area contributed by atoms with Crippen molar-refractivity contribution in [3.05, 3.63) is 92.4 Å². The van der Waals surface area contributed by atoms with Gasteiger partial charge in [0.2, 0.25) is 0 Å². The molecule has 1 aliphatic rings. The van der Waals surface area contributed by atoms with Crippen molar-refractivity contribution in [2.45, 2.75) is 205 Å². The zero-order valence-corrected chi connectivity index (χ0v) is 40.4. The molecule has 0 aromatic carbocycles. The maximum absolute atomic E-state index is 5.81. The second kappa shape index (κ2) is 16.9. The van der Waals surface area contributed by atoms with Gasteiger partial charge in [-0.25, -0.2) is 0 Å². The number of nitrogens with zero attached hydrogens (tertiary/aromatic N) is 1. The molecule has 0 atom stereocenters. The highest BCUT2D eigenvalue weighted by Crippen LogP contribution is 2.41. The first-order valence-electron chi connectivity index (χ1n) is 20.1. The summed E-state index contributed by atoms with van der Waals surface area (Å²) in [4.78, 5) is 2.97. The molecule has 0 amide bonds. The first kappa shape index (κ1) is 48.8. The maximum Gasteiger partial charge on any atom is 0.109 e. The van der Waals surface area contributed by atoms with Crippen molar-refractivity contribution in [1.29, 1.82) is 0 Å². The van der Waals surface area contributed by atoms with Crippen LogP contribution in [0.3, 0.4) is 0 Å². The van der Waals surface area contributed by atoms with E-state index in [-0.39, 0.29) is 21.7 Å². The van der Waals surface area contributed by atoms with Gasteiger partial charge in [-0.1, -0.05) is 189 Å². The van der Waals surface area contributed by atoms with Gasteiger partial charge in [-0.05, 0) is 64.5 Å². The van der Waals surface area contributed by atoms with Crippen molar-refractivity contribution >= 4 is 11.3 Å². The van der Waals surface area contributed by atoms with Crippen molar-refractivity contribution in [2.24, 2.45) is 17.9 Å². The summed E-state index contributed by atoms with van der Waals surface area (Å²) in [6.07, 6.45) is 5.79. The zero-order chi connectivity index (χ0) is 42.0. The third kappa shape index (κ3) is 15.4. The molecule has 0 fully saturated rings. The smallest absolute Gasteiger partial charge is 0.109 e. The molecule has 0 bridgehead atoms. The second-order valence-electron chi connectivity index (χ2n) is 23.6. The summed E-state index contributed by atoms with van der Waals surface area (Å²) in [7, 11) is 2.17. The van der Waals surface area contributed by atoms with Crippen LogP contribution < -0.4 is 0 Å². The van der Waals surface area contributed by atoms with E-state index in [4.69, 9.17) is 4.42 Å². The van der Waals surface area contributed by atoms with Gasteiger partial charge < -0.3 is 8.98 Å². The van der Waals surface area contributed by atoms with Crippen molar-refractivity contribution in [1.82, 2.24) is 4.57 Å². The molecule has 0 unspecified atom stereocenters. The average molecular weight is 748 g/mol. The van der Waals surface area contributed by atoms with Crippen LogP contribution in [-0.4, -0.2) is 4.57 Å². The van der Waals surface area contributed by atoms with Crippen molar-refractivity contribution in [2.75, 3.05) is 0 Å². The van der Waals surface area contributed by atoms with Crippen molar-refractivity contribution in [3.63, 3.8) is 0 Å². The Labute approximate surface area is 334 Å². The van der Waals surface area contributed by atoms with Crippen LogP contribution in [0.5, 0.6) is 0 Å². The number of aromatic nitrogens is 1. The SMILES string of the molecule is CC(C)(C)C1=CC=C(C(C)(C)C)C1.CC(C)(C)c1ccc(C(C)(C)C)o1.CC(C)(C)c1ccc(C(C)(C)C)s1.Cn1c(C(C)(C)C)ccc1C(C)(C)C. The van der Waals surface area contributed by atoms with Gasteiger partial charge in [0.25, 0.3) is 0 Å². The van der Waals surface area contributed by atoms with Crippen LogP contribution in [-0.2, 0) is 39.5 Å². The number of hydrogen-bond acceptors (Lipinski definition) is 2. The second-order valence-corrected chi connectivity index (χ2v) is 24.6. The van der Waals surface area contributed by atoms with Gasteiger partial charge in [-0.3, -0.25) is 0 Å². The van der Waals surface area contributed by atoms with Crippen molar-refractivity contribution in [3.8, 4) is 0 Å². The molecule has 302 valence electrons. The van der Waals surface area contributed by atoms with Crippen LogP contribution >= 0.6 is 11.3 Å². The number of hydrogen-bond donors (Lipinski definition) is 0. The van der Waals surface area contributed by atoms with E-state index < -0.39 is 0 Å². The minimum absolute atomic E-state index is 0.115. The van der Waals surface area contributed by atoms with Gasteiger partial charge in [0.05, 0.1) is 0 Å². The minimum atomic E-state index is 0.115. The number of thiophene rings is 1. The lowest BCUT2D eigenvalue weighted by atomic mass is 9.80. The number of allylic oxidation sites excluding steroid dienone is 4. The molecule has 1 aliphatic carbocycles. The molecule has 0 aliphatic heterocycles. The molecule has 3 heteroatoms. The maximum atomic E-state index is 5.81. The van der Waals surface area contributed by atoms with E-state index in [1.807, 2.05) is 11.3 Å². The molecule has 0 spiro atoms. The lowest BCUT2D eigenvalue weighted by molar-refractivity contribution is 0.344. The van der Waals surface area contributed by atoms with E-state index in [9.17, 15) is 0 Å². The Bertz CT molecular complexity index is 1460. The van der Waals surface area contributed by atoms with Crippen LogP contribution in [0.15, 0.2) is 64.1 Å². The highest BCUT2D eigenvalue weighted by molar-refractivity contribution is 7.12. The topological polar surface area (TPSA) is 18.1 Å². The van der Waals surface area contributed by atoms with Crippen LogP contribution in [0.25, 0.3) is 0 Å². The Kier molecular flexibility index (Phi) is 15.5. The van der Waals surface area contributed by atoms with E-state index in [0.717, 1.165) is 11.5 Å². The molecular weight excluding hydrogens is 663 g/mol. The Balaban J connectivity index is 0.000000354. The summed E-state index contributed by atoms with van der Waals surface area (Å²) in [5.74, 6) is 2.13. The molecule has 53 heavy (non-hydrogen) atoms. The van der Waals surface area contributed by atoms with Gasteiger partial charge in [0.1, 0.15) is 11.5 Å². The van der Waals surface area contributed by atoms with E-state index >= 15 is 0 Å². The fourth-order valence-electron chi connectivity index (χ4n) is 5.86. The number of rotatable bonds is 0. The summed E-state index contributed by atoms with van der Waals surface area (Å²) >= 11 is 1.95. The van der Waals surface area contributed by atoms with Gasteiger partial charge in [0.15, 0.2) is 0 Å². The first-order valence-corrected chi connectivity index (χ1v) is 20.9. The fourth-order valence-corrected chi connectivity index (χ4v) is 6.98. The highest BCUT2D eigenvalue weighted by Gasteiger charge is 2.27. The molecular formula is C50H85NOS. The molecule has 0 saturated heterocycles. The van der Waals surface area contributed by atoms with Crippen LogP contribution in [0.1, 0.15) is 205 Å². The number of furan rings is 1. The summed E-state index contributed by atoms with van der Waals surface area (Å²) in [6.45, 7) is 53.9. The lowest BCUT2D eigenvalue weighted by Crippen LogP contribution is -2.21. The van der Waals surface area contributed by atoms with Gasteiger partial charge in [-0.15, -0.1) is 11.3 Å². The first-order chi connectivity index (χ1) is 23.3. The highest BCUT2D eigenvalue weighted by atomic mass is 32.1. The van der Waals surface area contributed by atoms with Crippen LogP contribution in [0.2, 0.25) is 0 Å². The molecule has 4 rings (SSSR count). The van der Waals surface area contributed by atoms with Crippen molar-refractivity contribution < 1.29 is 4.42 Å². The fraction of sp³-hybridized carbons (Fsp3) is 0.680. The Morgan fingerprint density at radius 1 is 0.396 bits per heavy atom. The Hall–Kier alpha value is -2.26. The monoisotopic (exact) mass is 748 g/mol. The molecule has 3 heterocycles. The average Bonchev–Trinajstić information content (AvgIpc) is 3.72. The molecule has 3 aromatic heterocycles. The summed E-state index contributed by atoms with van der Waals surface area (Å²) in [6, 6.07) is 13.2. The summed E-state index contributed by atoms with van der Waals surface area (Å²) in [5, 5.41) is 0. The molecule has 0 saturated carbocycles. The largest absolute Gasteiger partial charge is 0.465 e. The van der Waals surface area contributed by atoms with Gasteiger partial charge in [0, 0.05) is 49.8 Å². The van der Waals surface area contributed by atoms with E-state index in [0.29, 0.717) is 21.7 Å². The normalized spacial score (nSPS) is 14.7. The minimum Gasteiger partial charge on any atom is -0.465 e. The molecule has 2 nitrogen and oxygen atoms in total.